The predicted molar refractivity (Wildman–Crippen MR) is 53.5 cm³/mol. The van der Waals surface area contributed by atoms with Crippen molar-refractivity contribution in [3.63, 3.8) is 0 Å². The van der Waals surface area contributed by atoms with Crippen LogP contribution in [0.2, 0.25) is 0 Å². The van der Waals surface area contributed by atoms with Crippen LogP contribution in [0.3, 0.4) is 0 Å². The van der Waals surface area contributed by atoms with Gasteiger partial charge in [-0.3, -0.25) is 4.79 Å². The molecule has 0 aliphatic rings. The molecule has 1 rings (SSSR count). The third-order valence-corrected chi connectivity index (χ3v) is 1.82. The van der Waals surface area contributed by atoms with Crippen LogP contribution in [0.5, 0.6) is 5.75 Å². The van der Waals surface area contributed by atoms with E-state index in [1.54, 1.807) is 6.92 Å². The number of carboxylic acid groups (broad SMARTS) is 1. The van der Waals surface area contributed by atoms with E-state index in [1.807, 2.05) is 31.2 Å². The Morgan fingerprint density at radius 2 is 2.00 bits per heavy atom. The molecule has 1 atom stereocenters. The summed E-state index contributed by atoms with van der Waals surface area (Å²) in [5.74, 6) is -0.131. The second kappa shape index (κ2) is 4.65. The molecular formula is C11H14O3. The third-order valence-electron chi connectivity index (χ3n) is 1.82. The first-order valence-electron chi connectivity index (χ1n) is 4.53. The monoisotopic (exact) mass is 194 g/mol. The fraction of sp³-hybridized carbons (Fsp3) is 0.364. The molecule has 0 bridgehead atoms. The molecular weight excluding hydrogens is 180 g/mol. The molecule has 76 valence electrons. The standard InChI is InChI=1S/C11H14O3/c1-8-3-5-10(6-4-8)14-9(2)7-11(12)13/h3-6,9H,7H2,1-2H3,(H,12,13)/t9-/m1/s1. The van der Waals surface area contributed by atoms with E-state index in [2.05, 4.69) is 0 Å². The van der Waals surface area contributed by atoms with Crippen LogP contribution in [0.25, 0.3) is 0 Å². The van der Waals surface area contributed by atoms with E-state index in [-0.39, 0.29) is 12.5 Å². The number of ether oxygens (including phenoxy) is 1. The molecule has 1 aromatic rings. The van der Waals surface area contributed by atoms with Crippen LogP contribution in [0.15, 0.2) is 24.3 Å². The minimum atomic E-state index is -0.843. The van der Waals surface area contributed by atoms with Gasteiger partial charge in [-0.15, -0.1) is 0 Å². The lowest BCUT2D eigenvalue weighted by Crippen LogP contribution is -2.16. The van der Waals surface area contributed by atoms with Gasteiger partial charge in [0.05, 0.1) is 6.42 Å². The van der Waals surface area contributed by atoms with Crippen molar-refractivity contribution in [3.8, 4) is 5.75 Å². The zero-order valence-corrected chi connectivity index (χ0v) is 8.36. The summed E-state index contributed by atoms with van der Waals surface area (Å²) in [6.45, 7) is 3.73. The van der Waals surface area contributed by atoms with Gasteiger partial charge in [0, 0.05) is 0 Å². The molecule has 1 aromatic carbocycles. The van der Waals surface area contributed by atoms with Gasteiger partial charge in [-0.1, -0.05) is 17.7 Å². The number of hydrogen-bond donors (Lipinski definition) is 1. The second-order valence-electron chi connectivity index (χ2n) is 3.34. The van der Waals surface area contributed by atoms with Crippen molar-refractivity contribution in [1.82, 2.24) is 0 Å². The number of aryl methyl sites for hydroxylation is 1. The van der Waals surface area contributed by atoms with E-state index in [0.717, 1.165) is 5.56 Å². The molecule has 0 saturated heterocycles. The average molecular weight is 194 g/mol. The van der Waals surface area contributed by atoms with Gasteiger partial charge in [0.25, 0.3) is 0 Å². The lowest BCUT2D eigenvalue weighted by Gasteiger charge is -2.12. The van der Waals surface area contributed by atoms with Gasteiger partial charge in [-0.05, 0) is 26.0 Å². The summed E-state index contributed by atoms with van der Waals surface area (Å²) < 4.78 is 5.40. The zero-order valence-electron chi connectivity index (χ0n) is 8.36. The maximum absolute atomic E-state index is 10.4. The number of carboxylic acids is 1. The van der Waals surface area contributed by atoms with Gasteiger partial charge in [0.1, 0.15) is 11.9 Å². The molecule has 14 heavy (non-hydrogen) atoms. The summed E-state index contributed by atoms with van der Waals surface area (Å²) in [7, 11) is 0. The summed E-state index contributed by atoms with van der Waals surface area (Å²) in [5.41, 5.74) is 1.16. The van der Waals surface area contributed by atoms with E-state index < -0.39 is 5.97 Å². The van der Waals surface area contributed by atoms with Crippen LogP contribution in [0.4, 0.5) is 0 Å². The Balaban J connectivity index is 2.51. The molecule has 0 heterocycles. The summed E-state index contributed by atoms with van der Waals surface area (Å²) in [6.07, 6.45) is -0.274. The van der Waals surface area contributed by atoms with Gasteiger partial charge < -0.3 is 9.84 Å². The highest BCUT2D eigenvalue weighted by Crippen LogP contribution is 2.14. The van der Waals surface area contributed by atoms with Crippen LogP contribution in [0, 0.1) is 6.92 Å². The minimum Gasteiger partial charge on any atom is -0.490 e. The Bertz CT molecular complexity index is 303. The van der Waals surface area contributed by atoms with E-state index in [9.17, 15) is 4.79 Å². The van der Waals surface area contributed by atoms with Crippen LogP contribution in [-0.2, 0) is 4.79 Å². The predicted octanol–water partition coefficient (Wildman–Crippen LogP) is 2.24. The molecule has 0 unspecified atom stereocenters. The number of hydrogen-bond acceptors (Lipinski definition) is 2. The Labute approximate surface area is 83.3 Å². The van der Waals surface area contributed by atoms with Crippen molar-refractivity contribution < 1.29 is 14.6 Å². The number of carbonyl (C=O) groups is 1. The first-order valence-corrected chi connectivity index (χ1v) is 4.53. The van der Waals surface area contributed by atoms with Crippen molar-refractivity contribution in [2.24, 2.45) is 0 Å². The molecule has 0 spiro atoms. The lowest BCUT2D eigenvalue weighted by molar-refractivity contribution is -0.138. The molecule has 0 amide bonds. The normalized spacial score (nSPS) is 12.1. The van der Waals surface area contributed by atoms with Crippen LogP contribution in [0.1, 0.15) is 18.9 Å². The quantitative estimate of drug-likeness (QED) is 0.799. The van der Waals surface area contributed by atoms with Crippen molar-refractivity contribution in [2.75, 3.05) is 0 Å². The molecule has 0 aliphatic carbocycles. The SMILES string of the molecule is Cc1ccc(O[C@H](C)CC(=O)O)cc1. The van der Waals surface area contributed by atoms with Crippen molar-refractivity contribution >= 4 is 5.97 Å². The van der Waals surface area contributed by atoms with Crippen LogP contribution in [-0.4, -0.2) is 17.2 Å². The van der Waals surface area contributed by atoms with E-state index in [0.29, 0.717) is 5.75 Å². The third kappa shape index (κ3) is 3.47. The van der Waals surface area contributed by atoms with Gasteiger partial charge in [0.2, 0.25) is 0 Å². The topological polar surface area (TPSA) is 46.5 Å². The van der Waals surface area contributed by atoms with E-state index in [1.165, 1.54) is 0 Å². The zero-order chi connectivity index (χ0) is 10.6. The summed E-state index contributed by atoms with van der Waals surface area (Å²) >= 11 is 0. The summed E-state index contributed by atoms with van der Waals surface area (Å²) in [5, 5.41) is 8.53. The first-order chi connectivity index (χ1) is 6.58. The summed E-state index contributed by atoms with van der Waals surface area (Å²) in [6, 6.07) is 7.55. The average Bonchev–Trinajstić information content (AvgIpc) is 2.07. The first kappa shape index (κ1) is 10.6. The Morgan fingerprint density at radius 3 is 2.50 bits per heavy atom. The highest BCUT2D eigenvalue weighted by atomic mass is 16.5. The molecule has 0 aliphatic heterocycles. The smallest absolute Gasteiger partial charge is 0.307 e. The fourth-order valence-electron chi connectivity index (χ4n) is 1.14. The minimum absolute atomic E-state index is 0.0217. The van der Waals surface area contributed by atoms with Gasteiger partial charge in [-0.25, -0.2) is 0 Å². The van der Waals surface area contributed by atoms with Gasteiger partial charge in [-0.2, -0.15) is 0 Å². The van der Waals surface area contributed by atoms with Crippen molar-refractivity contribution in [3.05, 3.63) is 29.8 Å². The van der Waals surface area contributed by atoms with Crippen molar-refractivity contribution in [2.45, 2.75) is 26.4 Å². The highest BCUT2D eigenvalue weighted by molar-refractivity contribution is 5.67. The Hall–Kier alpha value is -1.51. The number of rotatable bonds is 4. The van der Waals surface area contributed by atoms with Gasteiger partial charge >= 0.3 is 5.97 Å². The largest absolute Gasteiger partial charge is 0.490 e. The van der Waals surface area contributed by atoms with E-state index >= 15 is 0 Å². The number of benzene rings is 1. The Kier molecular flexibility index (Phi) is 3.51. The van der Waals surface area contributed by atoms with Crippen LogP contribution >= 0.6 is 0 Å². The fourth-order valence-corrected chi connectivity index (χ4v) is 1.14. The second-order valence-corrected chi connectivity index (χ2v) is 3.34. The maximum atomic E-state index is 10.4. The van der Waals surface area contributed by atoms with Crippen molar-refractivity contribution in [1.29, 1.82) is 0 Å². The molecule has 3 nitrogen and oxygen atoms in total. The van der Waals surface area contributed by atoms with Crippen LogP contribution < -0.4 is 4.74 Å². The molecule has 1 N–H and O–H groups in total. The number of aliphatic carboxylic acids is 1. The lowest BCUT2D eigenvalue weighted by atomic mass is 10.2. The highest BCUT2D eigenvalue weighted by Gasteiger charge is 2.08. The maximum Gasteiger partial charge on any atom is 0.307 e. The summed E-state index contributed by atoms with van der Waals surface area (Å²) in [4.78, 5) is 10.4. The molecule has 0 saturated carbocycles. The van der Waals surface area contributed by atoms with E-state index in [4.69, 9.17) is 9.84 Å². The molecule has 0 aromatic heterocycles. The molecule has 3 heteroatoms. The van der Waals surface area contributed by atoms with Gasteiger partial charge in [0.15, 0.2) is 0 Å². The molecule has 0 radical (unpaired) electrons. The molecule has 0 fully saturated rings. The Morgan fingerprint density at radius 1 is 1.43 bits per heavy atom.